The van der Waals surface area contributed by atoms with Crippen molar-refractivity contribution in [1.29, 1.82) is 5.26 Å². The fourth-order valence-corrected chi connectivity index (χ4v) is 2.15. The Hall–Kier alpha value is -1.51. The SMILES string of the molecule is COC(=O)CCSc1ccc(CO)cc1C#N. The van der Waals surface area contributed by atoms with Crippen LogP contribution in [0.15, 0.2) is 23.1 Å². The van der Waals surface area contributed by atoms with E-state index in [4.69, 9.17) is 10.4 Å². The lowest BCUT2D eigenvalue weighted by molar-refractivity contribution is -0.140. The topological polar surface area (TPSA) is 70.3 Å². The molecule has 4 nitrogen and oxygen atoms in total. The van der Waals surface area contributed by atoms with Crippen LogP contribution in [0.1, 0.15) is 17.5 Å². The molecule has 1 aromatic carbocycles. The lowest BCUT2D eigenvalue weighted by Gasteiger charge is -2.05. The number of hydrogen-bond donors (Lipinski definition) is 1. The van der Waals surface area contributed by atoms with Gasteiger partial charge < -0.3 is 9.84 Å². The summed E-state index contributed by atoms with van der Waals surface area (Å²) in [5.74, 6) is 0.308. The Morgan fingerprint density at radius 3 is 2.94 bits per heavy atom. The normalized spacial score (nSPS) is 9.71. The zero-order valence-electron chi connectivity index (χ0n) is 9.47. The second-order valence-corrected chi connectivity index (χ2v) is 4.41. The van der Waals surface area contributed by atoms with Crippen LogP contribution in [0.4, 0.5) is 0 Å². The molecule has 0 unspecified atom stereocenters. The summed E-state index contributed by atoms with van der Waals surface area (Å²) in [5, 5.41) is 17.9. The van der Waals surface area contributed by atoms with Crippen LogP contribution in [0, 0.1) is 11.3 Å². The molecule has 1 aromatic rings. The molecule has 5 heteroatoms. The highest BCUT2D eigenvalue weighted by atomic mass is 32.2. The Balaban J connectivity index is 2.65. The van der Waals surface area contributed by atoms with Crippen LogP contribution in [0.5, 0.6) is 0 Å². The highest BCUT2D eigenvalue weighted by molar-refractivity contribution is 7.99. The van der Waals surface area contributed by atoms with Crippen molar-refractivity contribution in [3.05, 3.63) is 29.3 Å². The van der Waals surface area contributed by atoms with E-state index in [0.717, 1.165) is 4.90 Å². The Bertz CT molecular complexity index is 440. The number of nitriles is 1. The van der Waals surface area contributed by atoms with Gasteiger partial charge in [-0.3, -0.25) is 4.79 Å². The number of nitrogens with zero attached hydrogens (tertiary/aromatic N) is 1. The van der Waals surface area contributed by atoms with Gasteiger partial charge >= 0.3 is 5.97 Å². The maximum atomic E-state index is 10.9. The number of ether oxygens (including phenoxy) is 1. The lowest BCUT2D eigenvalue weighted by Crippen LogP contribution is -2.01. The van der Waals surface area contributed by atoms with Crippen molar-refractivity contribution < 1.29 is 14.6 Å². The minimum absolute atomic E-state index is 0.0816. The first kappa shape index (κ1) is 13.6. The second kappa shape index (κ2) is 6.94. The maximum absolute atomic E-state index is 10.9. The molecule has 0 saturated heterocycles. The molecule has 17 heavy (non-hydrogen) atoms. The Morgan fingerprint density at radius 2 is 2.35 bits per heavy atom. The minimum Gasteiger partial charge on any atom is -0.469 e. The second-order valence-electron chi connectivity index (χ2n) is 3.28. The molecule has 0 aliphatic rings. The predicted molar refractivity (Wildman–Crippen MR) is 64.4 cm³/mol. The van der Waals surface area contributed by atoms with Crippen molar-refractivity contribution in [1.82, 2.24) is 0 Å². The van der Waals surface area contributed by atoms with Crippen LogP contribution in [0.2, 0.25) is 0 Å². The van der Waals surface area contributed by atoms with Crippen LogP contribution in [0.25, 0.3) is 0 Å². The van der Waals surface area contributed by atoms with Gasteiger partial charge in [0.05, 0.1) is 25.7 Å². The minimum atomic E-state index is -0.261. The zero-order valence-corrected chi connectivity index (χ0v) is 10.3. The van der Waals surface area contributed by atoms with Crippen molar-refractivity contribution in [2.24, 2.45) is 0 Å². The number of benzene rings is 1. The number of aliphatic hydroxyl groups is 1. The van der Waals surface area contributed by atoms with E-state index in [1.807, 2.05) is 0 Å². The van der Waals surface area contributed by atoms with Gasteiger partial charge in [0, 0.05) is 10.6 Å². The highest BCUT2D eigenvalue weighted by Gasteiger charge is 2.06. The molecule has 1 N–H and O–H groups in total. The van der Waals surface area contributed by atoms with Gasteiger partial charge in [-0.15, -0.1) is 11.8 Å². The van der Waals surface area contributed by atoms with Gasteiger partial charge in [-0.05, 0) is 17.7 Å². The predicted octanol–water partition coefficient (Wildman–Crippen LogP) is 1.71. The molecule has 0 aliphatic heterocycles. The van der Waals surface area contributed by atoms with Gasteiger partial charge in [0.25, 0.3) is 0 Å². The molecule has 0 heterocycles. The van der Waals surface area contributed by atoms with E-state index in [1.165, 1.54) is 18.9 Å². The number of rotatable bonds is 5. The summed E-state index contributed by atoms with van der Waals surface area (Å²) in [4.78, 5) is 11.7. The van der Waals surface area contributed by atoms with Crippen LogP contribution in [0.3, 0.4) is 0 Å². The van der Waals surface area contributed by atoms with Gasteiger partial charge in [-0.2, -0.15) is 5.26 Å². The molecule has 0 saturated carbocycles. The molecule has 0 amide bonds. The third kappa shape index (κ3) is 4.10. The lowest BCUT2D eigenvalue weighted by atomic mass is 10.1. The van der Waals surface area contributed by atoms with Gasteiger partial charge in [-0.25, -0.2) is 0 Å². The Morgan fingerprint density at radius 1 is 1.59 bits per heavy atom. The number of carbonyl (C=O) groups is 1. The summed E-state index contributed by atoms with van der Waals surface area (Å²) in [6, 6.07) is 7.28. The van der Waals surface area contributed by atoms with E-state index in [2.05, 4.69) is 10.8 Å². The van der Waals surface area contributed by atoms with Crippen molar-refractivity contribution in [3.63, 3.8) is 0 Å². The van der Waals surface area contributed by atoms with E-state index in [9.17, 15) is 4.79 Å². The van der Waals surface area contributed by atoms with E-state index in [1.54, 1.807) is 18.2 Å². The molecular formula is C12H13NO3S. The molecule has 1 rings (SSSR count). The standard InChI is InChI=1S/C12H13NO3S/c1-16-12(15)4-5-17-11-3-2-9(8-14)6-10(11)7-13/h2-3,6,14H,4-5,8H2,1H3. The molecular weight excluding hydrogens is 238 g/mol. The van der Waals surface area contributed by atoms with E-state index in [-0.39, 0.29) is 12.6 Å². The summed E-state index contributed by atoms with van der Waals surface area (Å²) in [5.41, 5.74) is 1.23. The fourth-order valence-electron chi connectivity index (χ4n) is 1.24. The third-order valence-corrected chi connectivity index (χ3v) is 3.21. The van der Waals surface area contributed by atoms with Gasteiger partial charge in [-0.1, -0.05) is 6.07 Å². The first-order valence-corrected chi connectivity index (χ1v) is 6.03. The van der Waals surface area contributed by atoms with Crippen molar-refractivity contribution in [3.8, 4) is 6.07 Å². The molecule has 90 valence electrons. The van der Waals surface area contributed by atoms with E-state index < -0.39 is 0 Å². The third-order valence-electron chi connectivity index (χ3n) is 2.14. The monoisotopic (exact) mass is 251 g/mol. The summed E-state index contributed by atoms with van der Waals surface area (Å²) < 4.78 is 4.53. The van der Waals surface area contributed by atoms with Crippen molar-refractivity contribution in [2.45, 2.75) is 17.9 Å². The first-order chi connectivity index (χ1) is 8.21. The molecule has 0 atom stereocenters. The first-order valence-electron chi connectivity index (χ1n) is 5.04. The van der Waals surface area contributed by atoms with Gasteiger partial charge in [0.15, 0.2) is 0 Å². The fraction of sp³-hybridized carbons (Fsp3) is 0.333. The van der Waals surface area contributed by atoms with Crippen LogP contribution >= 0.6 is 11.8 Å². The smallest absolute Gasteiger partial charge is 0.306 e. The number of methoxy groups -OCH3 is 1. The van der Waals surface area contributed by atoms with Crippen LogP contribution in [-0.4, -0.2) is 23.9 Å². The Kier molecular flexibility index (Phi) is 5.53. The number of thioether (sulfide) groups is 1. The highest BCUT2D eigenvalue weighted by Crippen LogP contribution is 2.24. The number of aliphatic hydroxyl groups excluding tert-OH is 1. The van der Waals surface area contributed by atoms with Gasteiger partial charge in [0.2, 0.25) is 0 Å². The number of hydrogen-bond acceptors (Lipinski definition) is 5. The quantitative estimate of drug-likeness (QED) is 0.637. The van der Waals surface area contributed by atoms with E-state index >= 15 is 0 Å². The summed E-state index contributed by atoms with van der Waals surface area (Å²) >= 11 is 1.43. The molecule has 0 aliphatic carbocycles. The van der Waals surface area contributed by atoms with Gasteiger partial charge in [0.1, 0.15) is 6.07 Å². The average molecular weight is 251 g/mol. The number of esters is 1. The number of carbonyl (C=O) groups excluding carboxylic acids is 1. The van der Waals surface area contributed by atoms with Crippen LogP contribution < -0.4 is 0 Å². The van der Waals surface area contributed by atoms with Crippen molar-refractivity contribution in [2.75, 3.05) is 12.9 Å². The summed E-state index contributed by atoms with van der Waals surface area (Å²) in [6.45, 7) is -0.0816. The Labute approximate surface area is 104 Å². The largest absolute Gasteiger partial charge is 0.469 e. The summed E-state index contributed by atoms with van der Waals surface area (Å²) in [7, 11) is 1.35. The van der Waals surface area contributed by atoms with Crippen LogP contribution in [-0.2, 0) is 16.1 Å². The van der Waals surface area contributed by atoms with Crippen molar-refractivity contribution >= 4 is 17.7 Å². The van der Waals surface area contributed by atoms with E-state index in [0.29, 0.717) is 23.3 Å². The average Bonchev–Trinajstić information content (AvgIpc) is 2.38. The molecule has 0 spiro atoms. The molecule has 0 fully saturated rings. The summed E-state index contributed by atoms with van der Waals surface area (Å²) in [6.07, 6.45) is 0.313. The molecule has 0 radical (unpaired) electrons. The molecule has 0 aromatic heterocycles. The zero-order chi connectivity index (χ0) is 12.7. The maximum Gasteiger partial charge on any atom is 0.306 e. The molecule has 0 bridgehead atoms.